The van der Waals surface area contributed by atoms with Crippen molar-refractivity contribution in [3.8, 4) is 5.75 Å². The van der Waals surface area contributed by atoms with Crippen LogP contribution in [0.15, 0.2) is 34.8 Å². The molecule has 1 aromatic carbocycles. The Bertz CT molecular complexity index is 1160. The maximum Gasteiger partial charge on any atom is 0.303 e. The molecule has 1 heterocycles. The van der Waals surface area contributed by atoms with Gasteiger partial charge in [-0.2, -0.15) is 0 Å². The van der Waals surface area contributed by atoms with Crippen LogP contribution in [0.1, 0.15) is 94.7 Å². The number of hydrogen-bond acceptors (Lipinski definition) is 5. The molecule has 0 bridgehead atoms. The molecule has 6 heteroatoms. The lowest BCUT2D eigenvalue weighted by Crippen LogP contribution is -2.38. The maximum atomic E-state index is 13.7. The van der Waals surface area contributed by atoms with E-state index >= 15 is 0 Å². The zero-order valence-corrected chi connectivity index (χ0v) is 21.2. The van der Waals surface area contributed by atoms with Gasteiger partial charge in [-0.05, 0) is 46.8 Å². The average Bonchev–Trinajstić information content (AvgIpc) is 3.11. The van der Waals surface area contributed by atoms with Gasteiger partial charge in [0.05, 0.1) is 19.4 Å². The largest absolute Gasteiger partial charge is 0.496 e. The minimum absolute atomic E-state index is 0.0187. The predicted molar refractivity (Wildman–Crippen MR) is 130 cm³/mol. The third kappa shape index (κ3) is 4.01. The standard InChI is InChI=1S/C29H34O6/c1-28(2)11-18(30)25-21(13-28)35-22-14-29(3,4)12-19(31)26(22)27(25)24-17-7-6-15(10-23(32)33)16(17)8-9-20(24)34-5/h8-9,15,27H,6-7,10-14H2,1-5H3,(H,32,33). The van der Waals surface area contributed by atoms with Gasteiger partial charge in [-0.1, -0.05) is 33.8 Å². The van der Waals surface area contributed by atoms with E-state index in [9.17, 15) is 19.5 Å². The summed E-state index contributed by atoms with van der Waals surface area (Å²) in [5.74, 6) is 0.595. The van der Waals surface area contributed by atoms with Crippen molar-refractivity contribution < 1.29 is 29.0 Å². The van der Waals surface area contributed by atoms with Gasteiger partial charge in [0.15, 0.2) is 11.6 Å². The fourth-order valence-electron chi connectivity index (χ4n) is 6.68. The molecular weight excluding hydrogens is 444 g/mol. The molecule has 1 unspecified atom stereocenters. The summed E-state index contributed by atoms with van der Waals surface area (Å²) >= 11 is 0. The third-order valence-electron chi connectivity index (χ3n) is 8.05. The first-order valence-electron chi connectivity index (χ1n) is 12.5. The number of carboxylic acid groups (broad SMARTS) is 1. The average molecular weight is 479 g/mol. The van der Waals surface area contributed by atoms with E-state index in [1.165, 1.54) is 0 Å². The Morgan fingerprint density at radius 3 is 2.09 bits per heavy atom. The highest BCUT2D eigenvalue weighted by atomic mass is 16.5. The molecule has 1 aliphatic heterocycles. The number of hydrogen-bond donors (Lipinski definition) is 1. The van der Waals surface area contributed by atoms with Gasteiger partial charge < -0.3 is 14.6 Å². The number of carbonyl (C=O) groups excluding carboxylic acids is 2. The summed E-state index contributed by atoms with van der Waals surface area (Å²) in [6.45, 7) is 8.29. The second-order valence-corrected chi connectivity index (χ2v) is 12.2. The van der Waals surface area contributed by atoms with Gasteiger partial charge in [0, 0.05) is 42.4 Å². The molecule has 1 aromatic rings. The molecule has 0 aromatic heterocycles. The van der Waals surface area contributed by atoms with E-state index in [1.54, 1.807) is 7.11 Å². The summed E-state index contributed by atoms with van der Waals surface area (Å²) in [5, 5.41) is 9.45. The van der Waals surface area contributed by atoms with Crippen LogP contribution in [-0.2, 0) is 25.5 Å². The molecule has 0 radical (unpaired) electrons. The molecule has 4 aliphatic rings. The van der Waals surface area contributed by atoms with Gasteiger partial charge in [-0.25, -0.2) is 0 Å². The number of fused-ring (bicyclic) bond motifs is 1. The highest BCUT2D eigenvalue weighted by molar-refractivity contribution is 6.06. The van der Waals surface area contributed by atoms with E-state index in [-0.39, 0.29) is 34.7 Å². The molecule has 0 amide bonds. The van der Waals surface area contributed by atoms with Crippen LogP contribution in [0, 0.1) is 10.8 Å². The van der Waals surface area contributed by atoms with Crippen molar-refractivity contribution in [2.45, 2.75) is 84.5 Å². The molecule has 3 aliphatic carbocycles. The molecule has 0 spiro atoms. The molecule has 35 heavy (non-hydrogen) atoms. The normalized spacial score (nSPS) is 25.1. The van der Waals surface area contributed by atoms with E-state index in [0.29, 0.717) is 60.5 Å². The highest BCUT2D eigenvalue weighted by Crippen LogP contribution is 2.56. The Morgan fingerprint density at radius 1 is 1.00 bits per heavy atom. The van der Waals surface area contributed by atoms with Crippen LogP contribution >= 0.6 is 0 Å². The molecule has 0 saturated carbocycles. The van der Waals surface area contributed by atoms with Crippen LogP contribution in [0.25, 0.3) is 0 Å². The molecule has 1 N–H and O–H groups in total. The fraction of sp³-hybridized carbons (Fsp3) is 0.552. The zero-order chi connectivity index (χ0) is 25.3. The molecule has 186 valence electrons. The molecule has 0 fully saturated rings. The van der Waals surface area contributed by atoms with Gasteiger partial charge in [0.1, 0.15) is 17.3 Å². The lowest BCUT2D eigenvalue weighted by molar-refractivity contribution is -0.137. The Hall–Kier alpha value is -2.89. The smallest absolute Gasteiger partial charge is 0.303 e. The summed E-state index contributed by atoms with van der Waals surface area (Å²) in [6, 6.07) is 3.83. The lowest BCUT2D eigenvalue weighted by Gasteiger charge is -2.43. The second kappa shape index (κ2) is 8.07. The number of carboxylic acids is 1. The summed E-state index contributed by atoms with van der Waals surface area (Å²) in [7, 11) is 1.61. The Kier molecular flexibility index (Phi) is 5.50. The van der Waals surface area contributed by atoms with Crippen LogP contribution in [0.2, 0.25) is 0 Å². The van der Waals surface area contributed by atoms with Crippen molar-refractivity contribution in [3.63, 3.8) is 0 Å². The van der Waals surface area contributed by atoms with Crippen LogP contribution in [-0.4, -0.2) is 29.8 Å². The molecule has 6 nitrogen and oxygen atoms in total. The SMILES string of the molecule is COc1ccc2c(c1C1C3=C(CC(C)(C)CC3=O)OC3=C1C(=O)CC(C)(C)C3)CCC2CC(=O)O. The number of rotatable bonds is 4. The van der Waals surface area contributed by atoms with Crippen LogP contribution in [0.4, 0.5) is 0 Å². The monoisotopic (exact) mass is 478 g/mol. The lowest BCUT2D eigenvalue weighted by atomic mass is 9.65. The maximum absolute atomic E-state index is 13.7. The van der Waals surface area contributed by atoms with E-state index in [4.69, 9.17) is 9.47 Å². The number of methoxy groups -OCH3 is 1. The van der Waals surface area contributed by atoms with Crippen molar-refractivity contribution in [2.24, 2.45) is 10.8 Å². The summed E-state index contributed by atoms with van der Waals surface area (Å²) < 4.78 is 12.3. The van der Waals surface area contributed by atoms with Crippen molar-refractivity contribution in [1.29, 1.82) is 0 Å². The van der Waals surface area contributed by atoms with Crippen LogP contribution < -0.4 is 4.74 Å². The summed E-state index contributed by atoms with van der Waals surface area (Å²) in [4.78, 5) is 38.8. The van der Waals surface area contributed by atoms with Gasteiger partial charge in [-0.3, -0.25) is 14.4 Å². The predicted octanol–water partition coefficient (Wildman–Crippen LogP) is 5.60. The number of ketones is 2. The second-order valence-electron chi connectivity index (χ2n) is 12.2. The van der Waals surface area contributed by atoms with Gasteiger partial charge in [-0.15, -0.1) is 0 Å². The molecule has 1 atom stereocenters. The first kappa shape index (κ1) is 23.8. The Labute approximate surface area is 206 Å². The highest BCUT2D eigenvalue weighted by Gasteiger charge is 2.49. The first-order chi connectivity index (χ1) is 16.4. The minimum Gasteiger partial charge on any atom is -0.496 e. The first-order valence-corrected chi connectivity index (χ1v) is 12.5. The minimum atomic E-state index is -0.823. The topological polar surface area (TPSA) is 89.9 Å². The van der Waals surface area contributed by atoms with Crippen molar-refractivity contribution in [2.75, 3.05) is 7.11 Å². The third-order valence-corrected chi connectivity index (χ3v) is 8.05. The molecule has 0 saturated heterocycles. The van der Waals surface area contributed by atoms with Gasteiger partial charge in [0.25, 0.3) is 0 Å². The van der Waals surface area contributed by atoms with E-state index in [1.807, 2.05) is 12.1 Å². The van der Waals surface area contributed by atoms with Crippen molar-refractivity contribution in [3.05, 3.63) is 51.5 Å². The van der Waals surface area contributed by atoms with Gasteiger partial charge >= 0.3 is 5.97 Å². The van der Waals surface area contributed by atoms with Gasteiger partial charge in [0.2, 0.25) is 0 Å². The van der Waals surface area contributed by atoms with E-state index < -0.39 is 11.9 Å². The van der Waals surface area contributed by atoms with Crippen LogP contribution in [0.5, 0.6) is 5.75 Å². The van der Waals surface area contributed by atoms with Crippen molar-refractivity contribution in [1.82, 2.24) is 0 Å². The van der Waals surface area contributed by atoms with Crippen LogP contribution in [0.3, 0.4) is 0 Å². The molecular formula is C29H34O6. The number of benzene rings is 1. The fourth-order valence-corrected chi connectivity index (χ4v) is 6.68. The summed E-state index contributed by atoms with van der Waals surface area (Å²) in [6.07, 6.45) is 3.55. The number of ether oxygens (including phenoxy) is 2. The number of Topliss-reactive ketones (excluding diaryl/α,β-unsaturated/α-hetero) is 2. The number of aliphatic carboxylic acids is 1. The Balaban J connectivity index is 1.76. The zero-order valence-electron chi connectivity index (χ0n) is 21.2. The quantitative estimate of drug-likeness (QED) is 0.606. The van der Waals surface area contributed by atoms with Crippen molar-refractivity contribution >= 4 is 17.5 Å². The summed E-state index contributed by atoms with van der Waals surface area (Å²) in [5.41, 5.74) is 3.60. The number of allylic oxidation sites excluding steroid dienone is 4. The Morgan fingerprint density at radius 2 is 1.57 bits per heavy atom. The van der Waals surface area contributed by atoms with E-state index in [0.717, 1.165) is 23.1 Å². The molecule has 5 rings (SSSR count). The number of carbonyl (C=O) groups is 3. The van der Waals surface area contributed by atoms with E-state index in [2.05, 4.69) is 27.7 Å².